The second-order valence-electron chi connectivity index (χ2n) is 3.43. The van der Waals surface area contributed by atoms with Crippen LogP contribution < -0.4 is 5.32 Å². The summed E-state index contributed by atoms with van der Waals surface area (Å²) in [6.07, 6.45) is 3.48. The van der Waals surface area contributed by atoms with Crippen LogP contribution in [0.5, 0.6) is 0 Å². The highest BCUT2D eigenvalue weighted by Gasteiger charge is 2.01. The summed E-state index contributed by atoms with van der Waals surface area (Å²) in [5.41, 5.74) is 1.23. The Morgan fingerprint density at radius 2 is 2.19 bits per heavy atom. The quantitative estimate of drug-likeness (QED) is 0.875. The lowest BCUT2D eigenvalue weighted by atomic mass is 10.1. The maximum absolute atomic E-state index is 11.3. The smallest absolute Gasteiger partial charge is 0.220 e. The van der Waals surface area contributed by atoms with E-state index in [0.717, 1.165) is 16.6 Å². The fraction of sp³-hybridized carbons (Fsp3) is 0.417. The molecule has 0 aromatic heterocycles. The minimum atomic E-state index is 0.140. The van der Waals surface area contributed by atoms with Crippen molar-refractivity contribution < 1.29 is 4.79 Å². The molecule has 88 valence electrons. The number of benzene rings is 1. The second kappa shape index (κ2) is 7.74. The number of rotatable bonds is 6. The first-order chi connectivity index (χ1) is 7.74. The molecule has 16 heavy (non-hydrogen) atoms. The van der Waals surface area contributed by atoms with Crippen LogP contribution in [0.15, 0.2) is 28.7 Å². The first kappa shape index (κ1) is 13.6. The summed E-state index contributed by atoms with van der Waals surface area (Å²) >= 11 is 5.18. The molecule has 1 N–H and O–H groups in total. The van der Waals surface area contributed by atoms with Gasteiger partial charge in [0.2, 0.25) is 5.91 Å². The molecule has 4 heteroatoms. The van der Waals surface area contributed by atoms with Crippen LogP contribution in [0, 0.1) is 0 Å². The summed E-state index contributed by atoms with van der Waals surface area (Å²) < 4.78 is 1.10. The number of hydrogen-bond donors (Lipinski definition) is 1. The van der Waals surface area contributed by atoms with Gasteiger partial charge in [0.15, 0.2) is 0 Å². The molecule has 0 aliphatic heterocycles. The summed E-state index contributed by atoms with van der Waals surface area (Å²) in [6, 6.07) is 8.09. The molecule has 1 rings (SSSR count). The summed E-state index contributed by atoms with van der Waals surface area (Å²) in [7, 11) is 0. The van der Waals surface area contributed by atoms with Crippen LogP contribution in [0.2, 0.25) is 0 Å². The average molecular weight is 302 g/mol. The molecular formula is C12H16BrNOS. The minimum absolute atomic E-state index is 0.140. The van der Waals surface area contributed by atoms with E-state index < -0.39 is 0 Å². The third-order valence-corrected chi connectivity index (χ3v) is 3.59. The first-order valence-electron chi connectivity index (χ1n) is 5.23. The van der Waals surface area contributed by atoms with E-state index in [1.165, 1.54) is 5.56 Å². The first-order valence-corrected chi connectivity index (χ1v) is 7.41. The van der Waals surface area contributed by atoms with E-state index in [1.807, 2.05) is 24.5 Å². The van der Waals surface area contributed by atoms with Crippen LogP contribution in [0.4, 0.5) is 0 Å². The highest BCUT2D eigenvalue weighted by atomic mass is 79.9. The number of hydrogen-bond acceptors (Lipinski definition) is 2. The minimum Gasteiger partial charge on any atom is -0.356 e. The molecule has 0 aliphatic rings. The van der Waals surface area contributed by atoms with Crippen molar-refractivity contribution >= 4 is 33.6 Å². The number of carbonyl (C=O) groups excluding carboxylic acids is 1. The number of carbonyl (C=O) groups is 1. The SMILES string of the molecule is CSCCC(=O)NCCc1ccccc1Br. The third-order valence-electron chi connectivity index (χ3n) is 2.21. The van der Waals surface area contributed by atoms with Crippen molar-refractivity contribution in [2.75, 3.05) is 18.6 Å². The molecule has 0 saturated heterocycles. The largest absolute Gasteiger partial charge is 0.356 e. The molecule has 1 aromatic carbocycles. The van der Waals surface area contributed by atoms with Gasteiger partial charge in [0.1, 0.15) is 0 Å². The number of nitrogens with one attached hydrogen (secondary N) is 1. The van der Waals surface area contributed by atoms with E-state index in [2.05, 4.69) is 27.3 Å². The molecule has 0 aliphatic carbocycles. The van der Waals surface area contributed by atoms with Crippen LogP contribution in [0.1, 0.15) is 12.0 Å². The van der Waals surface area contributed by atoms with Crippen LogP contribution in [-0.2, 0) is 11.2 Å². The van der Waals surface area contributed by atoms with Crippen molar-refractivity contribution in [1.29, 1.82) is 0 Å². The highest BCUT2D eigenvalue weighted by Crippen LogP contribution is 2.15. The van der Waals surface area contributed by atoms with Gasteiger partial charge in [-0.3, -0.25) is 4.79 Å². The van der Waals surface area contributed by atoms with Crippen molar-refractivity contribution in [2.24, 2.45) is 0 Å². The van der Waals surface area contributed by atoms with Gasteiger partial charge >= 0.3 is 0 Å². The van der Waals surface area contributed by atoms with Gasteiger partial charge < -0.3 is 5.32 Å². The van der Waals surface area contributed by atoms with Crippen molar-refractivity contribution in [2.45, 2.75) is 12.8 Å². The van der Waals surface area contributed by atoms with Crippen molar-refractivity contribution in [3.05, 3.63) is 34.3 Å². The Balaban J connectivity index is 2.25. The van der Waals surface area contributed by atoms with Gasteiger partial charge in [0.25, 0.3) is 0 Å². The summed E-state index contributed by atoms with van der Waals surface area (Å²) in [5.74, 6) is 1.03. The van der Waals surface area contributed by atoms with E-state index in [4.69, 9.17) is 0 Å². The monoisotopic (exact) mass is 301 g/mol. The predicted molar refractivity (Wildman–Crippen MR) is 73.9 cm³/mol. The predicted octanol–water partition coefficient (Wildman–Crippen LogP) is 2.86. The van der Waals surface area contributed by atoms with Crippen molar-refractivity contribution in [1.82, 2.24) is 5.32 Å². The summed E-state index contributed by atoms with van der Waals surface area (Å²) in [5, 5.41) is 2.92. The van der Waals surface area contributed by atoms with E-state index in [-0.39, 0.29) is 5.91 Å². The van der Waals surface area contributed by atoms with Crippen molar-refractivity contribution in [3.63, 3.8) is 0 Å². The van der Waals surface area contributed by atoms with Crippen LogP contribution >= 0.6 is 27.7 Å². The standard InChI is InChI=1S/C12H16BrNOS/c1-16-9-7-12(15)14-8-6-10-4-2-3-5-11(10)13/h2-5H,6-9H2,1H3,(H,14,15). The second-order valence-corrected chi connectivity index (χ2v) is 5.27. The Bertz CT molecular complexity index is 344. The zero-order valence-electron chi connectivity index (χ0n) is 9.33. The van der Waals surface area contributed by atoms with Crippen LogP contribution in [-0.4, -0.2) is 24.5 Å². The zero-order chi connectivity index (χ0) is 11.8. The third kappa shape index (κ3) is 5.03. The zero-order valence-corrected chi connectivity index (χ0v) is 11.7. The topological polar surface area (TPSA) is 29.1 Å². The summed E-state index contributed by atoms with van der Waals surface area (Å²) in [4.78, 5) is 11.3. The average Bonchev–Trinajstić information content (AvgIpc) is 2.29. The molecule has 0 saturated carbocycles. The fourth-order valence-corrected chi connectivity index (χ4v) is 2.19. The molecular weight excluding hydrogens is 286 g/mol. The van der Waals surface area contributed by atoms with E-state index >= 15 is 0 Å². The van der Waals surface area contributed by atoms with E-state index in [0.29, 0.717) is 13.0 Å². The van der Waals surface area contributed by atoms with Crippen LogP contribution in [0.25, 0.3) is 0 Å². The molecule has 0 heterocycles. The molecule has 1 amide bonds. The van der Waals surface area contributed by atoms with Gasteiger partial charge in [-0.2, -0.15) is 11.8 Å². The lowest BCUT2D eigenvalue weighted by Gasteiger charge is -2.06. The number of halogens is 1. The Hall–Kier alpha value is -0.480. The lowest BCUT2D eigenvalue weighted by molar-refractivity contribution is -0.120. The molecule has 0 fully saturated rings. The molecule has 0 spiro atoms. The maximum atomic E-state index is 11.3. The van der Waals surface area contributed by atoms with Gasteiger partial charge in [0, 0.05) is 23.2 Å². The Labute approximate surface area is 109 Å². The van der Waals surface area contributed by atoms with Gasteiger partial charge in [-0.1, -0.05) is 34.1 Å². The van der Waals surface area contributed by atoms with Gasteiger partial charge in [-0.25, -0.2) is 0 Å². The highest BCUT2D eigenvalue weighted by molar-refractivity contribution is 9.10. The fourth-order valence-electron chi connectivity index (χ4n) is 1.32. The Morgan fingerprint density at radius 3 is 2.88 bits per heavy atom. The van der Waals surface area contributed by atoms with Gasteiger partial charge in [-0.15, -0.1) is 0 Å². The number of amides is 1. The number of thioether (sulfide) groups is 1. The van der Waals surface area contributed by atoms with Gasteiger partial charge in [0.05, 0.1) is 0 Å². The van der Waals surface area contributed by atoms with E-state index in [1.54, 1.807) is 11.8 Å². The normalized spacial score (nSPS) is 10.1. The Kier molecular flexibility index (Phi) is 6.57. The lowest BCUT2D eigenvalue weighted by Crippen LogP contribution is -2.25. The molecule has 0 bridgehead atoms. The van der Waals surface area contributed by atoms with E-state index in [9.17, 15) is 4.79 Å². The summed E-state index contributed by atoms with van der Waals surface area (Å²) in [6.45, 7) is 0.704. The molecule has 0 unspecified atom stereocenters. The molecule has 0 radical (unpaired) electrons. The molecule has 2 nitrogen and oxygen atoms in total. The van der Waals surface area contributed by atoms with Crippen LogP contribution in [0.3, 0.4) is 0 Å². The Morgan fingerprint density at radius 1 is 1.44 bits per heavy atom. The molecule has 0 atom stereocenters. The molecule has 1 aromatic rings. The van der Waals surface area contributed by atoms with Gasteiger partial charge in [-0.05, 0) is 24.3 Å². The maximum Gasteiger partial charge on any atom is 0.220 e. The van der Waals surface area contributed by atoms with Crippen molar-refractivity contribution in [3.8, 4) is 0 Å².